The van der Waals surface area contributed by atoms with E-state index >= 15 is 0 Å². The van der Waals surface area contributed by atoms with Crippen molar-refractivity contribution >= 4 is 40.7 Å². The molecule has 1 aromatic heterocycles. The number of nitrogens with zero attached hydrogens (tertiary/aromatic N) is 3. The molecule has 7 nitrogen and oxygen atoms in total. The van der Waals surface area contributed by atoms with Gasteiger partial charge in [0.25, 0.3) is 0 Å². The topological polar surface area (TPSA) is 79.3 Å². The van der Waals surface area contributed by atoms with Crippen LogP contribution in [0, 0.1) is 0 Å². The van der Waals surface area contributed by atoms with Crippen molar-refractivity contribution in [2.45, 2.75) is 37.9 Å². The highest BCUT2D eigenvalue weighted by atomic mass is 32.2. The Morgan fingerprint density at radius 3 is 2.88 bits per heavy atom. The summed E-state index contributed by atoms with van der Waals surface area (Å²) in [6.07, 6.45) is 4.69. The van der Waals surface area contributed by atoms with Crippen molar-refractivity contribution in [2.24, 2.45) is 0 Å². The van der Waals surface area contributed by atoms with Gasteiger partial charge in [0.05, 0.1) is 11.0 Å². The fourth-order valence-corrected chi connectivity index (χ4v) is 3.71. The van der Waals surface area contributed by atoms with E-state index in [1.165, 1.54) is 0 Å². The number of amides is 3. The highest BCUT2D eigenvalue weighted by Gasteiger charge is 2.32. The van der Waals surface area contributed by atoms with Gasteiger partial charge < -0.3 is 15.2 Å². The number of para-hydroxylation sites is 2. The second kappa shape index (κ2) is 7.19. The summed E-state index contributed by atoms with van der Waals surface area (Å²) in [5, 5.41) is 5.92. The highest BCUT2D eigenvalue weighted by molar-refractivity contribution is 7.98. The predicted octanol–water partition coefficient (Wildman–Crippen LogP) is 1.97. The SMILES string of the molecule is CSCC[C@H](NC(=O)N1CCn2c1nc1ccccc12)C(=O)NC1CC1. The maximum atomic E-state index is 12.8. The van der Waals surface area contributed by atoms with Gasteiger partial charge in [0.2, 0.25) is 11.9 Å². The van der Waals surface area contributed by atoms with Crippen LogP contribution in [0.2, 0.25) is 0 Å². The van der Waals surface area contributed by atoms with Crippen LogP contribution < -0.4 is 15.5 Å². The number of imidazole rings is 1. The summed E-state index contributed by atoms with van der Waals surface area (Å²) in [5.41, 5.74) is 1.91. The number of hydrogen-bond acceptors (Lipinski definition) is 4. The van der Waals surface area contributed by atoms with Gasteiger partial charge in [0.1, 0.15) is 6.04 Å². The minimum absolute atomic E-state index is 0.0809. The Bertz CT molecular complexity index is 832. The summed E-state index contributed by atoms with van der Waals surface area (Å²) < 4.78 is 2.05. The number of hydrogen-bond donors (Lipinski definition) is 2. The van der Waals surface area contributed by atoms with Gasteiger partial charge in [0, 0.05) is 19.1 Å². The third-order valence-electron chi connectivity index (χ3n) is 4.82. The first-order valence-electron chi connectivity index (χ1n) is 9.00. The molecule has 3 amide bonds. The van der Waals surface area contributed by atoms with Gasteiger partial charge in [-0.1, -0.05) is 12.1 Å². The first kappa shape index (κ1) is 17.2. The van der Waals surface area contributed by atoms with Crippen molar-refractivity contribution in [2.75, 3.05) is 23.5 Å². The molecule has 138 valence electrons. The second-order valence-electron chi connectivity index (χ2n) is 6.77. The number of carbonyl (C=O) groups excluding carboxylic acids is 2. The van der Waals surface area contributed by atoms with Crippen LogP contribution in [0.25, 0.3) is 11.0 Å². The Hall–Kier alpha value is -2.22. The van der Waals surface area contributed by atoms with Crippen LogP contribution in [0.3, 0.4) is 0 Å². The molecule has 2 N–H and O–H groups in total. The summed E-state index contributed by atoms with van der Waals surface area (Å²) >= 11 is 1.67. The molecule has 0 radical (unpaired) electrons. The molecule has 1 saturated carbocycles. The molecule has 8 heteroatoms. The van der Waals surface area contributed by atoms with Gasteiger partial charge >= 0.3 is 6.03 Å². The fourth-order valence-electron chi connectivity index (χ4n) is 3.24. The molecule has 1 atom stereocenters. The maximum Gasteiger partial charge on any atom is 0.324 e. The standard InChI is InChI=1S/C18H23N5O2S/c1-26-11-8-14(16(24)19-12-6-7-12)21-18(25)23-10-9-22-15-5-3-2-4-13(15)20-17(22)23/h2-5,12,14H,6-11H2,1H3,(H,19,24)(H,21,25)/t14-/m0/s1. The Morgan fingerprint density at radius 1 is 1.31 bits per heavy atom. The van der Waals surface area contributed by atoms with Crippen molar-refractivity contribution in [1.82, 2.24) is 20.2 Å². The first-order valence-corrected chi connectivity index (χ1v) is 10.4. The lowest BCUT2D eigenvalue weighted by molar-refractivity contribution is -0.123. The molecule has 1 aliphatic carbocycles. The molecule has 1 aromatic carbocycles. The number of urea groups is 1. The molecule has 26 heavy (non-hydrogen) atoms. The van der Waals surface area contributed by atoms with E-state index in [1.807, 2.05) is 30.5 Å². The highest BCUT2D eigenvalue weighted by Crippen LogP contribution is 2.27. The van der Waals surface area contributed by atoms with Crippen LogP contribution in [-0.2, 0) is 11.3 Å². The van der Waals surface area contributed by atoms with Crippen molar-refractivity contribution in [3.05, 3.63) is 24.3 Å². The van der Waals surface area contributed by atoms with Crippen LogP contribution in [0.15, 0.2) is 24.3 Å². The van der Waals surface area contributed by atoms with Crippen LogP contribution >= 0.6 is 11.8 Å². The lowest BCUT2D eigenvalue weighted by Gasteiger charge is -2.21. The normalized spacial score (nSPS) is 17.2. The number of carbonyl (C=O) groups is 2. The summed E-state index contributed by atoms with van der Waals surface area (Å²) in [5.74, 6) is 1.39. The monoisotopic (exact) mass is 373 g/mol. The maximum absolute atomic E-state index is 12.8. The zero-order valence-corrected chi connectivity index (χ0v) is 15.6. The largest absolute Gasteiger partial charge is 0.352 e. The molecular formula is C18H23N5O2S. The molecule has 1 fully saturated rings. The summed E-state index contributed by atoms with van der Waals surface area (Å²) in [7, 11) is 0. The van der Waals surface area contributed by atoms with Crippen molar-refractivity contribution in [3.8, 4) is 0 Å². The number of aromatic nitrogens is 2. The van der Waals surface area contributed by atoms with E-state index in [9.17, 15) is 9.59 Å². The number of fused-ring (bicyclic) bond motifs is 3. The van der Waals surface area contributed by atoms with Crippen LogP contribution in [0.5, 0.6) is 0 Å². The molecule has 2 aliphatic rings. The minimum Gasteiger partial charge on any atom is -0.352 e. The molecule has 0 spiro atoms. The smallest absolute Gasteiger partial charge is 0.324 e. The molecule has 4 rings (SSSR count). The molecule has 2 heterocycles. The van der Waals surface area contributed by atoms with Crippen molar-refractivity contribution < 1.29 is 9.59 Å². The van der Waals surface area contributed by atoms with E-state index in [4.69, 9.17) is 0 Å². The molecular weight excluding hydrogens is 350 g/mol. The van der Waals surface area contributed by atoms with Crippen LogP contribution in [-0.4, -0.2) is 52.1 Å². The average molecular weight is 373 g/mol. The van der Waals surface area contributed by atoms with E-state index in [0.717, 1.165) is 29.6 Å². The van der Waals surface area contributed by atoms with E-state index in [1.54, 1.807) is 16.7 Å². The molecule has 0 bridgehead atoms. The Balaban J connectivity index is 1.49. The van der Waals surface area contributed by atoms with E-state index in [-0.39, 0.29) is 18.0 Å². The zero-order valence-electron chi connectivity index (χ0n) is 14.8. The first-order chi connectivity index (χ1) is 12.7. The van der Waals surface area contributed by atoms with E-state index in [0.29, 0.717) is 25.5 Å². The van der Waals surface area contributed by atoms with Gasteiger partial charge in [-0.25, -0.2) is 9.78 Å². The number of thioether (sulfide) groups is 1. The van der Waals surface area contributed by atoms with Gasteiger partial charge in [-0.3, -0.25) is 9.69 Å². The van der Waals surface area contributed by atoms with Crippen molar-refractivity contribution in [3.63, 3.8) is 0 Å². The van der Waals surface area contributed by atoms with Crippen molar-refractivity contribution in [1.29, 1.82) is 0 Å². The molecule has 2 aromatic rings. The summed E-state index contributed by atoms with van der Waals surface area (Å²) in [4.78, 5) is 31.5. The molecule has 0 saturated heterocycles. The average Bonchev–Trinajstić information content (AvgIpc) is 3.23. The van der Waals surface area contributed by atoms with Crippen LogP contribution in [0.1, 0.15) is 19.3 Å². The third-order valence-corrected chi connectivity index (χ3v) is 5.46. The minimum atomic E-state index is -0.506. The molecule has 1 aliphatic heterocycles. The molecule has 0 unspecified atom stereocenters. The number of rotatable bonds is 6. The quantitative estimate of drug-likeness (QED) is 0.811. The third kappa shape index (κ3) is 3.38. The summed E-state index contributed by atoms with van der Waals surface area (Å²) in [6.45, 7) is 1.28. The summed E-state index contributed by atoms with van der Waals surface area (Å²) in [6, 6.07) is 7.40. The number of anilines is 1. The van der Waals surface area contributed by atoms with E-state index in [2.05, 4.69) is 20.2 Å². The Morgan fingerprint density at radius 2 is 2.12 bits per heavy atom. The lowest BCUT2D eigenvalue weighted by atomic mass is 10.2. The fraction of sp³-hybridized carbons (Fsp3) is 0.500. The van der Waals surface area contributed by atoms with Gasteiger partial charge in [-0.15, -0.1) is 0 Å². The van der Waals surface area contributed by atoms with Gasteiger partial charge in [-0.05, 0) is 43.4 Å². The number of benzene rings is 1. The predicted molar refractivity (Wildman–Crippen MR) is 104 cm³/mol. The Labute approximate surface area is 156 Å². The van der Waals surface area contributed by atoms with Gasteiger partial charge in [0.15, 0.2) is 0 Å². The lowest BCUT2D eigenvalue weighted by Crippen LogP contribution is -2.51. The Kier molecular flexibility index (Phi) is 4.76. The zero-order chi connectivity index (χ0) is 18.1. The van der Waals surface area contributed by atoms with Crippen LogP contribution in [0.4, 0.5) is 10.7 Å². The number of nitrogens with one attached hydrogen (secondary N) is 2. The second-order valence-corrected chi connectivity index (χ2v) is 7.76. The van der Waals surface area contributed by atoms with E-state index < -0.39 is 6.04 Å². The van der Waals surface area contributed by atoms with Gasteiger partial charge in [-0.2, -0.15) is 11.8 Å².